The Morgan fingerprint density at radius 1 is 1.11 bits per heavy atom. The quantitative estimate of drug-likeness (QED) is 0.805. The third-order valence-electron chi connectivity index (χ3n) is 6.13. The van der Waals surface area contributed by atoms with Crippen LogP contribution in [0.3, 0.4) is 0 Å². The first-order valence-corrected chi connectivity index (χ1v) is 11.2. The van der Waals surface area contributed by atoms with Crippen LogP contribution in [0.25, 0.3) is 0 Å². The van der Waals surface area contributed by atoms with Gasteiger partial charge in [-0.15, -0.1) is 12.4 Å². The summed E-state index contributed by atoms with van der Waals surface area (Å²) in [7, 11) is -3.19. The standard InChI is InChI=1S/C19H27N3O3S.ClH/c1-14-11-17(22-7-2-10-26(22,24)25)3-4-18(14)19(23)21-8-5-15-12-20-13-16(15)6-9-21;/h3-4,11,15-16,20H,2,5-10,12-13H2,1H3;1H/t15-,16+;. The molecule has 4 rings (SSSR count). The number of rotatable bonds is 2. The molecule has 0 spiro atoms. The normalized spacial score (nSPS) is 27.0. The summed E-state index contributed by atoms with van der Waals surface area (Å²) in [4.78, 5) is 15.0. The van der Waals surface area contributed by atoms with Crippen molar-refractivity contribution in [3.8, 4) is 0 Å². The predicted octanol–water partition coefficient (Wildman–Crippen LogP) is 2.03. The van der Waals surface area contributed by atoms with Gasteiger partial charge in [-0.05, 0) is 74.9 Å². The number of nitrogens with one attached hydrogen (secondary N) is 1. The van der Waals surface area contributed by atoms with Gasteiger partial charge < -0.3 is 10.2 Å². The summed E-state index contributed by atoms with van der Waals surface area (Å²) >= 11 is 0. The van der Waals surface area contributed by atoms with Crippen LogP contribution in [0.1, 0.15) is 35.2 Å². The molecule has 1 aromatic rings. The van der Waals surface area contributed by atoms with Crippen molar-refractivity contribution < 1.29 is 13.2 Å². The van der Waals surface area contributed by atoms with Crippen molar-refractivity contribution in [3.05, 3.63) is 29.3 Å². The van der Waals surface area contributed by atoms with Crippen LogP contribution in [-0.4, -0.2) is 57.7 Å². The molecule has 3 saturated heterocycles. The molecule has 0 radical (unpaired) electrons. The summed E-state index contributed by atoms with van der Waals surface area (Å²) < 4.78 is 25.7. The average Bonchev–Trinajstić information content (AvgIpc) is 3.14. The maximum atomic E-state index is 13.0. The minimum Gasteiger partial charge on any atom is -0.339 e. The second-order valence-corrected chi connectivity index (χ2v) is 9.80. The minimum absolute atomic E-state index is 0. The van der Waals surface area contributed by atoms with Gasteiger partial charge in [-0.3, -0.25) is 9.10 Å². The van der Waals surface area contributed by atoms with Gasteiger partial charge >= 0.3 is 0 Å². The van der Waals surface area contributed by atoms with Crippen LogP contribution < -0.4 is 9.62 Å². The van der Waals surface area contributed by atoms with E-state index in [1.54, 1.807) is 12.1 Å². The predicted molar refractivity (Wildman–Crippen MR) is 109 cm³/mol. The molecule has 3 fully saturated rings. The van der Waals surface area contributed by atoms with E-state index in [1.807, 2.05) is 17.9 Å². The SMILES string of the molecule is Cc1cc(N2CCCS2(=O)=O)ccc1C(=O)N1CC[C@@H]2CNC[C@@H]2CC1.Cl. The lowest BCUT2D eigenvalue weighted by molar-refractivity contribution is 0.0758. The monoisotopic (exact) mass is 413 g/mol. The van der Waals surface area contributed by atoms with Crippen molar-refractivity contribution in [2.24, 2.45) is 11.8 Å². The van der Waals surface area contributed by atoms with Crippen molar-refractivity contribution >= 4 is 34.0 Å². The van der Waals surface area contributed by atoms with Gasteiger partial charge in [0.25, 0.3) is 5.91 Å². The van der Waals surface area contributed by atoms with E-state index < -0.39 is 10.0 Å². The Labute approximate surface area is 167 Å². The van der Waals surface area contributed by atoms with Gasteiger partial charge in [0.1, 0.15) is 0 Å². The minimum atomic E-state index is -3.19. The second kappa shape index (κ2) is 7.97. The molecule has 150 valence electrons. The zero-order valence-corrected chi connectivity index (χ0v) is 17.3. The van der Waals surface area contributed by atoms with Gasteiger partial charge in [0.2, 0.25) is 10.0 Å². The number of fused-ring (bicyclic) bond motifs is 1. The number of nitrogens with zero attached hydrogens (tertiary/aromatic N) is 2. The fraction of sp³-hybridized carbons (Fsp3) is 0.632. The molecule has 0 bridgehead atoms. The third-order valence-corrected chi connectivity index (χ3v) is 8.00. The zero-order chi connectivity index (χ0) is 18.3. The second-order valence-electron chi connectivity index (χ2n) is 7.79. The highest BCUT2D eigenvalue weighted by Gasteiger charge is 2.32. The summed E-state index contributed by atoms with van der Waals surface area (Å²) in [5.41, 5.74) is 2.21. The lowest BCUT2D eigenvalue weighted by atomic mass is 9.92. The van der Waals surface area contributed by atoms with Crippen LogP contribution in [0, 0.1) is 18.8 Å². The molecule has 2 atom stereocenters. The molecular weight excluding hydrogens is 386 g/mol. The molecule has 0 aliphatic carbocycles. The van der Waals surface area contributed by atoms with Gasteiger partial charge in [-0.2, -0.15) is 0 Å². The van der Waals surface area contributed by atoms with E-state index in [-0.39, 0.29) is 24.1 Å². The fourth-order valence-corrected chi connectivity index (χ4v) is 6.12. The largest absolute Gasteiger partial charge is 0.339 e. The molecule has 1 aromatic carbocycles. The van der Waals surface area contributed by atoms with Crippen LogP contribution in [0.2, 0.25) is 0 Å². The Morgan fingerprint density at radius 3 is 2.33 bits per heavy atom. The first kappa shape index (κ1) is 20.4. The van der Waals surface area contributed by atoms with E-state index >= 15 is 0 Å². The lowest BCUT2D eigenvalue weighted by Crippen LogP contribution is -2.33. The number of aryl methyl sites for hydroxylation is 1. The average molecular weight is 414 g/mol. The highest BCUT2D eigenvalue weighted by Crippen LogP contribution is 2.29. The fourth-order valence-electron chi connectivity index (χ4n) is 4.56. The van der Waals surface area contributed by atoms with E-state index in [1.165, 1.54) is 4.31 Å². The Hall–Kier alpha value is -1.31. The zero-order valence-electron chi connectivity index (χ0n) is 15.7. The summed E-state index contributed by atoms with van der Waals surface area (Å²) in [6, 6.07) is 5.42. The lowest BCUT2D eigenvalue weighted by Gasteiger charge is -2.23. The molecule has 0 aromatic heterocycles. The smallest absolute Gasteiger partial charge is 0.254 e. The number of carbonyl (C=O) groups excluding carboxylic acids is 1. The summed E-state index contributed by atoms with van der Waals surface area (Å²) in [5.74, 6) is 1.66. The highest BCUT2D eigenvalue weighted by molar-refractivity contribution is 7.93. The van der Waals surface area contributed by atoms with Crippen LogP contribution in [-0.2, 0) is 10.0 Å². The molecule has 3 aliphatic heterocycles. The Balaban J connectivity index is 0.00000210. The summed E-state index contributed by atoms with van der Waals surface area (Å²) in [6.07, 6.45) is 2.78. The molecule has 27 heavy (non-hydrogen) atoms. The van der Waals surface area contributed by atoms with E-state index in [0.29, 0.717) is 36.1 Å². The number of halogens is 1. The van der Waals surface area contributed by atoms with E-state index in [2.05, 4.69) is 5.32 Å². The van der Waals surface area contributed by atoms with Crippen molar-refractivity contribution in [1.29, 1.82) is 0 Å². The molecule has 0 unspecified atom stereocenters. The van der Waals surface area contributed by atoms with Crippen molar-refractivity contribution in [1.82, 2.24) is 10.2 Å². The molecule has 1 amide bonds. The molecule has 8 heteroatoms. The number of sulfonamides is 1. The Morgan fingerprint density at radius 2 is 1.78 bits per heavy atom. The highest BCUT2D eigenvalue weighted by atomic mass is 35.5. The Kier molecular flexibility index (Phi) is 6.03. The van der Waals surface area contributed by atoms with Gasteiger partial charge in [-0.25, -0.2) is 8.42 Å². The van der Waals surface area contributed by atoms with Crippen LogP contribution in [0.15, 0.2) is 18.2 Å². The number of hydrogen-bond acceptors (Lipinski definition) is 4. The maximum Gasteiger partial charge on any atom is 0.254 e. The van der Waals surface area contributed by atoms with Crippen molar-refractivity contribution in [3.63, 3.8) is 0 Å². The number of likely N-dealkylation sites (tertiary alicyclic amines) is 1. The van der Waals surface area contributed by atoms with Gasteiger partial charge in [0, 0.05) is 25.2 Å². The van der Waals surface area contributed by atoms with E-state index in [9.17, 15) is 13.2 Å². The van der Waals surface area contributed by atoms with Crippen molar-refractivity contribution in [2.45, 2.75) is 26.2 Å². The van der Waals surface area contributed by atoms with Crippen molar-refractivity contribution in [2.75, 3.05) is 42.8 Å². The molecule has 3 aliphatic rings. The first-order chi connectivity index (χ1) is 12.5. The van der Waals surface area contributed by atoms with E-state index in [4.69, 9.17) is 0 Å². The van der Waals surface area contributed by atoms with Crippen LogP contribution in [0.4, 0.5) is 5.69 Å². The maximum absolute atomic E-state index is 13.0. The van der Waals surface area contributed by atoms with Crippen LogP contribution in [0.5, 0.6) is 0 Å². The number of anilines is 1. The topological polar surface area (TPSA) is 69.7 Å². The molecule has 6 nitrogen and oxygen atoms in total. The van der Waals surface area contributed by atoms with E-state index in [0.717, 1.165) is 44.6 Å². The summed E-state index contributed by atoms with van der Waals surface area (Å²) in [5, 5.41) is 3.46. The number of benzene rings is 1. The Bertz CT molecular complexity index is 800. The van der Waals surface area contributed by atoms with Gasteiger partial charge in [0.15, 0.2) is 0 Å². The summed E-state index contributed by atoms with van der Waals surface area (Å²) in [6.45, 7) is 6.19. The molecule has 1 N–H and O–H groups in total. The molecule has 3 heterocycles. The number of carbonyl (C=O) groups is 1. The first-order valence-electron chi connectivity index (χ1n) is 9.57. The third kappa shape index (κ3) is 3.96. The number of amides is 1. The molecular formula is C19H28ClN3O3S. The molecule has 0 saturated carbocycles. The van der Waals surface area contributed by atoms with Gasteiger partial charge in [-0.1, -0.05) is 0 Å². The number of hydrogen-bond donors (Lipinski definition) is 1. The van der Waals surface area contributed by atoms with Gasteiger partial charge in [0.05, 0.1) is 11.4 Å². The van der Waals surface area contributed by atoms with Crippen LogP contribution >= 0.6 is 12.4 Å².